The number of aromatic nitrogens is 1. The fourth-order valence-electron chi connectivity index (χ4n) is 2.42. The smallest absolute Gasteiger partial charge is 0.0951 e. The standard InChI is InChI=1S/C14H17N3O/c1-18-10-7-9(8-10)17-13-5-4-12(15)14-11(13)3-2-6-16-14/h2-6,9-10,17H,7-8,15H2,1H3. The van der Waals surface area contributed by atoms with Crippen LogP contribution in [0.5, 0.6) is 0 Å². The quantitative estimate of drug-likeness (QED) is 0.813. The number of hydrogen-bond donors (Lipinski definition) is 2. The zero-order chi connectivity index (χ0) is 12.5. The first kappa shape index (κ1) is 11.3. The molecule has 1 aromatic heterocycles. The zero-order valence-electron chi connectivity index (χ0n) is 10.4. The second-order valence-electron chi connectivity index (χ2n) is 4.77. The third kappa shape index (κ3) is 1.88. The van der Waals surface area contributed by atoms with E-state index in [4.69, 9.17) is 10.5 Å². The highest BCUT2D eigenvalue weighted by Crippen LogP contribution is 2.31. The van der Waals surface area contributed by atoms with Crippen molar-refractivity contribution < 1.29 is 4.74 Å². The molecule has 0 radical (unpaired) electrons. The van der Waals surface area contributed by atoms with Crippen molar-refractivity contribution >= 4 is 22.3 Å². The molecule has 4 heteroatoms. The maximum absolute atomic E-state index is 5.94. The monoisotopic (exact) mass is 243 g/mol. The average Bonchev–Trinajstić information content (AvgIpc) is 2.36. The van der Waals surface area contributed by atoms with Crippen molar-refractivity contribution in [1.29, 1.82) is 0 Å². The highest BCUT2D eigenvalue weighted by molar-refractivity contribution is 5.98. The molecule has 4 nitrogen and oxygen atoms in total. The van der Waals surface area contributed by atoms with Gasteiger partial charge in [0.15, 0.2) is 0 Å². The number of nitrogens with one attached hydrogen (secondary N) is 1. The SMILES string of the molecule is COC1CC(Nc2ccc(N)c3ncccc23)C1. The van der Waals surface area contributed by atoms with Gasteiger partial charge >= 0.3 is 0 Å². The van der Waals surface area contributed by atoms with E-state index >= 15 is 0 Å². The summed E-state index contributed by atoms with van der Waals surface area (Å²) < 4.78 is 5.29. The van der Waals surface area contributed by atoms with Gasteiger partial charge in [-0.1, -0.05) is 0 Å². The predicted molar refractivity (Wildman–Crippen MR) is 73.6 cm³/mol. The molecule has 0 amide bonds. The maximum atomic E-state index is 5.94. The number of pyridine rings is 1. The highest BCUT2D eigenvalue weighted by atomic mass is 16.5. The first-order chi connectivity index (χ1) is 8.78. The van der Waals surface area contributed by atoms with Gasteiger partial charge in [0.05, 0.1) is 17.3 Å². The van der Waals surface area contributed by atoms with E-state index in [-0.39, 0.29) is 0 Å². The number of nitrogen functional groups attached to an aromatic ring is 1. The maximum Gasteiger partial charge on any atom is 0.0951 e. The molecule has 0 bridgehead atoms. The van der Waals surface area contributed by atoms with Gasteiger partial charge in [0.25, 0.3) is 0 Å². The number of nitrogens with zero attached hydrogens (tertiary/aromatic N) is 1. The van der Waals surface area contributed by atoms with Crippen molar-refractivity contribution in [3.63, 3.8) is 0 Å². The van der Waals surface area contributed by atoms with E-state index in [9.17, 15) is 0 Å². The Morgan fingerprint density at radius 3 is 2.94 bits per heavy atom. The highest BCUT2D eigenvalue weighted by Gasteiger charge is 2.29. The number of anilines is 2. The molecule has 0 spiro atoms. The van der Waals surface area contributed by atoms with Crippen LogP contribution in [0.25, 0.3) is 10.9 Å². The number of benzene rings is 1. The largest absolute Gasteiger partial charge is 0.397 e. The molecule has 2 aromatic rings. The van der Waals surface area contributed by atoms with E-state index in [0.29, 0.717) is 12.1 Å². The summed E-state index contributed by atoms with van der Waals surface area (Å²) in [6, 6.07) is 8.41. The van der Waals surface area contributed by atoms with E-state index in [2.05, 4.69) is 10.3 Å². The summed E-state index contributed by atoms with van der Waals surface area (Å²) in [6.45, 7) is 0. The van der Waals surface area contributed by atoms with Gasteiger partial charge in [-0.2, -0.15) is 0 Å². The van der Waals surface area contributed by atoms with Crippen molar-refractivity contribution in [3.8, 4) is 0 Å². The van der Waals surface area contributed by atoms with Gasteiger partial charge in [-0.3, -0.25) is 4.98 Å². The molecule has 0 aliphatic heterocycles. The van der Waals surface area contributed by atoms with E-state index in [1.807, 2.05) is 24.3 Å². The summed E-state index contributed by atoms with van der Waals surface area (Å²) in [5, 5.41) is 4.62. The minimum absolute atomic E-state index is 0.403. The first-order valence-electron chi connectivity index (χ1n) is 6.20. The van der Waals surface area contributed by atoms with Crippen LogP contribution in [-0.4, -0.2) is 24.2 Å². The molecule has 0 atom stereocenters. The van der Waals surface area contributed by atoms with Crippen molar-refractivity contribution in [2.75, 3.05) is 18.2 Å². The lowest BCUT2D eigenvalue weighted by atomic mass is 9.89. The molecule has 3 rings (SSSR count). The Kier molecular flexibility index (Phi) is 2.80. The van der Waals surface area contributed by atoms with Gasteiger partial charge < -0.3 is 15.8 Å². The molecule has 1 heterocycles. The average molecular weight is 243 g/mol. The van der Waals surface area contributed by atoms with Gasteiger partial charge in [0.1, 0.15) is 0 Å². The van der Waals surface area contributed by atoms with Crippen LogP contribution in [0.4, 0.5) is 11.4 Å². The molecule has 1 aliphatic rings. The molecule has 18 heavy (non-hydrogen) atoms. The molecular formula is C14H17N3O. The lowest BCUT2D eigenvalue weighted by Gasteiger charge is -2.35. The molecule has 94 valence electrons. The molecule has 1 fully saturated rings. The van der Waals surface area contributed by atoms with Gasteiger partial charge in [-0.05, 0) is 37.1 Å². The fraction of sp³-hybridized carbons (Fsp3) is 0.357. The minimum Gasteiger partial charge on any atom is -0.397 e. The Morgan fingerprint density at radius 2 is 2.17 bits per heavy atom. The topological polar surface area (TPSA) is 60.2 Å². The Morgan fingerprint density at radius 1 is 1.33 bits per heavy atom. The van der Waals surface area contributed by atoms with Crippen LogP contribution in [0.15, 0.2) is 30.5 Å². The second kappa shape index (κ2) is 4.46. The second-order valence-corrected chi connectivity index (χ2v) is 4.77. The van der Waals surface area contributed by atoms with E-state index in [1.165, 1.54) is 0 Å². The lowest BCUT2D eigenvalue weighted by molar-refractivity contribution is 0.0329. The molecule has 1 saturated carbocycles. The number of fused-ring (bicyclic) bond motifs is 1. The van der Waals surface area contributed by atoms with Crippen LogP contribution in [-0.2, 0) is 4.74 Å². The predicted octanol–water partition coefficient (Wildman–Crippen LogP) is 2.41. The van der Waals surface area contributed by atoms with Gasteiger partial charge in [-0.25, -0.2) is 0 Å². The first-order valence-corrected chi connectivity index (χ1v) is 6.20. The fourth-order valence-corrected chi connectivity index (χ4v) is 2.42. The summed E-state index contributed by atoms with van der Waals surface area (Å²) in [7, 11) is 1.77. The van der Waals surface area contributed by atoms with Crippen LogP contribution in [0.3, 0.4) is 0 Å². The number of methoxy groups -OCH3 is 1. The summed E-state index contributed by atoms with van der Waals surface area (Å²) in [5.74, 6) is 0. The van der Waals surface area contributed by atoms with Crippen LogP contribution < -0.4 is 11.1 Å². The van der Waals surface area contributed by atoms with E-state index in [0.717, 1.165) is 35.1 Å². The number of rotatable bonds is 3. The Hall–Kier alpha value is -1.81. The summed E-state index contributed by atoms with van der Waals surface area (Å²) in [6.07, 6.45) is 4.29. The van der Waals surface area contributed by atoms with Crippen molar-refractivity contribution in [1.82, 2.24) is 4.98 Å². The van der Waals surface area contributed by atoms with Crippen molar-refractivity contribution in [2.24, 2.45) is 0 Å². The molecule has 1 aromatic carbocycles. The van der Waals surface area contributed by atoms with Crippen LogP contribution in [0.1, 0.15) is 12.8 Å². The van der Waals surface area contributed by atoms with Gasteiger partial charge in [0.2, 0.25) is 0 Å². The molecular weight excluding hydrogens is 226 g/mol. The number of nitrogens with two attached hydrogens (primary N) is 1. The molecule has 0 saturated heterocycles. The normalized spacial score (nSPS) is 22.7. The molecule has 1 aliphatic carbocycles. The Balaban J connectivity index is 1.87. The van der Waals surface area contributed by atoms with Crippen molar-refractivity contribution in [2.45, 2.75) is 25.0 Å². The third-order valence-corrected chi connectivity index (χ3v) is 3.59. The Labute approximate surface area is 106 Å². The molecule has 3 N–H and O–H groups in total. The lowest BCUT2D eigenvalue weighted by Crippen LogP contribution is -2.40. The summed E-state index contributed by atoms with van der Waals surface area (Å²) in [4.78, 5) is 4.33. The number of ether oxygens (including phenoxy) is 1. The van der Waals surface area contributed by atoms with Crippen LogP contribution >= 0.6 is 0 Å². The third-order valence-electron chi connectivity index (χ3n) is 3.59. The summed E-state index contributed by atoms with van der Waals surface area (Å²) in [5.41, 5.74) is 8.63. The van der Waals surface area contributed by atoms with Crippen LogP contribution in [0, 0.1) is 0 Å². The van der Waals surface area contributed by atoms with E-state index in [1.54, 1.807) is 13.3 Å². The van der Waals surface area contributed by atoms with Crippen LogP contribution in [0.2, 0.25) is 0 Å². The minimum atomic E-state index is 0.403. The van der Waals surface area contributed by atoms with Gasteiger partial charge in [-0.15, -0.1) is 0 Å². The van der Waals surface area contributed by atoms with E-state index < -0.39 is 0 Å². The molecule has 0 unspecified atom stereocenters. The van der Waals surface area contributed by atoms with Crippen molar-refractivity contribution in [3.05, 3.63) is 30.5 Å². The Bertz CT molecular complexity index is 564. The van der Waals surface area contributed by atoms with Gasteiger partial charge in [0, 0.05) is 30.4 Å². The summed E-state index contributed by atoms with van der Waals surface area (Å²) >= 11 is 0. The number of hydrogen-bond acceptors (Lipinski definition) is 4. The zero-order valence-corrected chi connectivity index (χ0v) is 10.4.